The predicted octanol–water partition coefficient (Wildman–Crippen LogP) is 5.06. The lowest BCUT2D eigenvalue weighted by Crippen LogP contribution is -2.33. The summed E-state index contributed by atoms with van der Waals surface area (Å²) >= 11 is 0. The maximum absolute atomic E-state index is 12.1. The number of H-pyrrole nitrogens is 1. The third kappa shape index (κ3) is 9.35. The Balaban J connectivity index is 1.67. The van der Waals surface area contributed by atoms with Crippen LogP contribution in [0.1, 0.15) is 102 Å². The summed E-state index contributed by atoms with van der Waals surface area (Å²) in [5.74, 6) is -0.306. The molecule has 34 heavy (non-hydrogen) atoms. The molecule has 10 nitrogen and oxygen atoms in total. The molecule has 2 heterocycles. The summed E-state index contributed by atoms with van der Waals surface area (Å²) < 4.78 is 12.5. The van der Waals surface area contributed by atoms with Crippen molar-refractivity contribution in [2.75, 3.05) is 6.61 Å². The van der Waals surface area contributed by atoms with E-state index < -0.39 is 29.6 Å². The van der Waals surface area contributed by atoms with Crippen molar-refractivity contribution >= 4 is 5.97 Å². The Morgan fingerprint density at radius 1 is 1.15 bits per heavy atom. The van der Waals surface area contributed by atoms with Crippen molar-refractivity contribution in [3.8, 4) is 0 Å². The van der Waals surface area contributed by atoms with Gasteiger partial charge in [0.05, 0.1) is 6.04 Å². The molecule has 2 rings (SSSR count). The van der Waals surface area contributed by atoms with Crippen LogP contribution in [0.25, 0.3) is 10.4 Å². The number of rotatable bonds is 16. The van der Waals surface area contributed by atoms with Gasteiger partial charge >= 0.3 is 11.7 Å². The summed E-state index contributed by atoms with van der Waals surface area (Å²) in [6.45, 7) is 3.77. The molecule has 3 atom stereocenters. The topological polar surface area (TPSA) is 139 Å². The Morgan fingerprint density at radius 3 is 2.38 bits per heavy atom. The number of esters is 1. The first-order valence-corrected chi connectivity index (χ1v) is 12.6. The first kappa shape index (κ1) is 27.7. The van der Waals surface area contributed by atoms with E-state index in [1.54, 1.807) is 6.92 Å². The molecule has 0 saturated carbocycles. The van der Waals surface area contributed by atoms with Gasteiger partial charge in [0, 0.05) is 29.5 Å². The first-order chi connectivity index (χ1) is 16.5. The maximum atomic E-state index is 12.1. The molecule has 0 spiro atoms. The Hall–Kier alpha value is -2.58. The van der Waals surface area contributed by atoms with Crippen molar-refractivity contribution in [2.24, 2.45) is 5.11 Å². The standard InChI is InChI=1S/C24H39N5O5/c1-3-4-5-6-7-8-9-10-11-12-13-14-22(30)33-17-20-19(27-28-25)15-21(34-20)29-16-18(2)23(31)26-24(29)32/h16,19-21H,3-15,17H2,1-2H3,(H,26,31,32). The van der Waals surface area contributed by atoms with Crippen LogP contribution in [-0.2, 0) is 14.3 Å². The first-order valence-electron chi connectivity index (χ1n) is 12.6. The summed E-state index contributed by atoms with van der Waals surface area (Å²) in [6, 6.07) is -0.580. The number of aromatic amines is 1. The van der Waals surface area contributed by atoms with Gasteiger partial charge in [-0.1, -0.05) is 76.2 Å². The van der Waals surface area contributed by atoms with E-state index in [9.17, 15) is 14.4 Å². The molecule has 0 aromatic carbocycles. The highest BCUT2D eigenvalue weighted by molar-refractivity contribution is 5.69. The molecule has 1 aromatic heterocycles. The molecule has 0 aliphatic carbocycles. The molecule has 1 aliphatic rings. The van der Waals surface area contributed by atoms with Gasteiger partial charge in [-0.2, -0.15) is 0 Å². The number of hydrogen-bond acceptors (Lipinski definition) is 6. The van der Waals surface area contributed by atoms with E-state index >= 15 is 0 Å². The third-order valence-electron chi connectivity index (χ3n) is 6.25. The number of carbonyl (C=O) groups is 1. The second-order valence-corrected chi connectivity index (χ2v) is 9.08. The quantitative estimate of drug-likeness (QED) is 0.117. The van der Waals surface area contributed by atoms with Crippen molar-refractivity contribution in [1.82, 2.24) is 9.55 Å². The number of unbranched alkanes of at least 4 members (excludes halogenated alkanes) is 10. The Labute approximate surface area is 200 Å². The van der Waals surface area contributed by atoms with E-state index in [4.69, 9.17) is 15.0 Å². The fourth-order valence-corrected chi connectivity index (χ4v) is 4.20. The number of ether oxygens (including phenoxy) is 2. The molecule has 1 aliphatic heterocycles. The van der Waals surface area contributed by atoms with E-state index in [1.165, 1.54) is 62.1 Å². The zero-order valence-corrected chi connectivity index (χ0v) is 20.5. The minimum Gasteiger partial charge on any atom is -0.463 e. The lowest BCUT2D eigenvalue weighted by atomic mass is 10.1. The largest absolute Gasteiger partial charge is 0.463 e. The number of azide groups is 1. The van der Waals surface area contributed by atoms with Gasteiger partial charge in [-0.3, -0.25) is 19.1 Å². The molecule has 1 fully saturated rings. The molecule has 1 saturated heterocycles. The van der Waals surface area contributed by atoms with E-state index in [2.05, 4.69) is 21.9 Å². The Bertz CT molecular complexity index is 921. The number of nitrogens with zero attached hydrogens (tertiary/aromatic N) is 4. The van der Waals surface area contributed by atoms with Gasteiger partial charge in [0.25, 0.3) is 5.56 Å². The average Bonchev–Trinajstić information content (AvgIpc) is 3.21. The zero-order valence-electron chi connectivity index (χ0n) is 20.5. The van der Waals surface area contributed by atoms with Crippen LogP contribution in [0.3, 0.4) is 0 Å². The van der Waals surface area contributed by atoms with Gasteiger partial charge in [0.15, 0.2) is 0 Å². The Morgan fingerprint density at radius 2 is 1.76 bits per heavy atom. The molecule has 0 amide bonds. The maximum Gasteiger partial charge on any atom is 0.330 e. The lowest BCUT2D eigenvalue weighted by molar-refractivity contribution is -0.148. The van der Waals surface area contributed by atoms with Gasteiger partial charge in [-0.15, -0.1) is 0 Å². The normalized spacial score (nSPS) is 19.6. The second kappa shape index (κ2) is 15.3. The van der Waals surface area contributed by atoms with Gasteiger partial charge < -0.3 is 9.47 Å². The number of aryl methyl sites for hydroxylation is 1. The van der Waals surface area contributed by atoms with Crippen LogP contribution < -0.4 is 11.2 Å². The molecular weight excluding hydrogens is 438 g/mol. The van der Waals surface area contributed by atoms with Crippen LogP contribution in [0.15, 0.2) is 20.9 Å². The zero-order chi connectivity index (χ0) is 24.8. The molecule has 10 heteroatoms. The van der Waals surface area contributed by atoms with Crippen molar-refractivity contribution < 1.29 is 14.3 Å². The summed E-state index contributed by atoms with van der Waals surface area (Å²) in [5.41, 5.74) is 8.17. The summed E-state index contributed by atoms with van der Waals surface area (Å²) in [6.07, 6.45) is 14.0. The molecular formula is C24H39N5O5. The van der Waals surface area contributed by atoms with Gasteiger partial charge in [-0.05, 0) is 18.9 Å². The number of aromatic nitrogens is 2. The molecule has 3 unspecified atom stereocenters. The number of hydrogen-bond donors (Lipinski definition) is 1. The van der Waals surface area contributed by atoms with Gasteiger partial charge in [-0.25, -0.2) is 4.79 Å². The predicted molar refractivity (Wildman–Crippen MR) is 130 cm³/mol. The van der Waals surface area contributed by atoms with Crippen LogP contribution >= 0.6 is 0 Å². The van der Waals surface area contributed by atoms with Crippen LogP contribution in [-0.4, -0.2) is 34.3 Å². The Kier molecular flexibility index (Phi) is 12.5. The molecule has 190 valence electrons. The van der Waals surface area contributed by atoms with Crippen molar-refractivity contribution in [2.45, 2.75) is 116 Å². The van der Waals surface area contributed by atoms with Crippen LogP contribution in [0, 0.1) is 6.92 Å². The van der Waals surface area contributed by atoms with Crippen molar-refractivity contribution in [1.29, 1.82) is 0 Å². The van der Waals surface area contributed by atoms with Crippen LogP contribution in [0.2, 0.25) is 0 Å². The number of nitrogens with one attached hydrogen (secondary N) is 1. The van der Waals surface area contributed by atoms with E-state index in [1.807, 2.05) is 0 Å². The van der Waals surface area contributed by atoms with Crippen molar-refractivity contribution in [3.05, 3.63) is 43.0 Å². The smallest absolute Gasteiger partial charge is 0.330 e. The molecule has 1 N–H and O–H groups in total. The van der Waals surface area contributed by atoms with E-state index in [0.717, 1.165) is 19.3 Å². The van der Waals surface area contributed by atoms with Gasteiger partial charge in [0.2, 0.25) is 0 Å². The molecule has 0 bridgehead atoms. The van der Waals surface area contributed by atoms with Gasteiger partial charge in [0.1, 0.15) is 18.9 Å². The minimum atomic E-state index is -0.714. The lowest BCUT2D eigenvalue weighted by Gasteiger charge is -2.17. The summed E-state index contributed by atoms with van der Waals surface area (Å²) in [5, 5.41) is 3.74. The molecule has 0 radical (unpaired) electrons. The summed E-state index contributed by atoms with van der Waals surface area (Å²) in [4.78, 5) is 41.0. The van der Waals surface area contributed by atoms with Crippen LogP contribution in [0.5, 0.6) is 0 Å². The minimum absolute atomic E-state index is 0.0475. The highest BCUT2D eigenvalue weighted by Gasteiger charge is 2.37. The fourth-order valence-electron chi connectivity index (χ4n) is 4.20. The van der Waals surface area contributed by atoms with E-state index in [0.29, 0.717) is 12.0 Å². The highest BCUT2D eigenvalue weighted by Crippen LogP contribution is 2.30. The SMILES string of the molecule is CCCCCCCCCCCCCC(=O)OCC1OC(n2cc(C)c(=O)[nH]c2=O)CC1N=[N+]=[N-]. The second-order valence-electron chi connectivity index (χ2n) is 9.08. The van der Waals surface area contributed by atoms with Crippen molar-refractivity contribution in [3.63, 3.8) is 0 Å². The summed E-state index contributed by atoms with van der Waals surface area (Å²) in [7, 11) is 0. The monoisotopic (exact) mass is 477 g/mol. The van der Waals surface area contributed by atoms with Crippen LogP contribution in [0.4, 0.5) is 0 Å². The molecule has 1 aromatic rings. The fraction of sp³-hybridized carbons (Fsp3) is 0.792. The average molecular weight is 478 g/mol. The number of carbonyl (C=O) groups excluding carboxylic acids is 1. The third-order valence-corrected chi connectivity index (χ3v) is 6.25. The van der Waals surface area contributed by atoms with E-state index in [-0.39, 0.29) is 19.0 Å². The highest BCUT2D eigenvalue weighted by atomic mass is 16.6.